The fraction of sp³-hybridized carbons (Fsp3) is 0.533. The van der Waals surface area contributed by atoms with E-state index in [-0.39, 0.29) is 12.3 Å². The molecule has 4 heteroatoms. The highest BCUT2D eigenvalue weighted by Gasteiger charge is 2.32. The van der Waals surface area contributed by atoms with Crippen LogP contribution in [0.25, 0.3) is 0 Å². The van der Waals surface area contributed by atoms with Crippen LogP contribution in [-0.4, -0.2) is 17.9 Å². The summed E-state index contributed by atoms with van der Waals surface area (Å²) in [6, 6.07) is 5.94. The standard InChI is InChI=1S/C15H22N2O2/c1-10-6-5-7-12-11(10)8-9-13(16)17(12)14(18)19-15(2,3)4/h5-7,13H,8-9,16H2,1-4H3/t13-/m0/s1. The number of rotatable bonds is 0. The molecule has 0 saturated carbocycles. The van der Waals surface area contributed by atoms with Gasteiger partial charge in [0.2, 0.25) is 0 Å². The summed E-state index contributed by atoms with van der Waals surface area (Å²) in [5, 5.41) is 0. The normalized spacial score (nSPS) is 19.0. The van der Waals surface area contributed by atoms with Crippen LogP contribution in [-0.2, 0) is 11.2 Å². The summed E-state index contributed by atoms with van der Waals surface area (Å²) in [6.07, 6.45) is 0.982. The van der Waals surface area contributed by atoms with Crippen molar-refractivity contribution in [3.05, 3.63) is 29.3 Å². The van der Waals surface area contributed by atoms with E-state index < -0.39 is 5.60 Å². The summed E-state index contributed by atoms with van der Waals surface area (Å²) in [5.41, 5.74) is 8.84. The summed E-state index contributed by atoms with van der Waals surface area (Å²) >= 11 is 0. The summed E-state index contributed by atoms with van der Waals surface area (Å²) in [7, 11) is 0. The molecule has 4 nitrogen and oxygen atoms in total. The Morgan fingerprint density at radius 2 is 2.11 bits per heavy atom. The van der Waals surface area contributed by atoms with Crippen LogP contribution in [0.1, 0.15) is 38.3 Å². The van der Waals surface area contributed by atoms with Gasteiger partial charge in [-0.15, -0.1) is 0 Å². The molecule has 0 unspecified atom stereocenters. The molecule has 0 aromatic heterocycles. The maximum atomic E-state index is 12.3. The number of fused-ring (bicyclic) bond motifs is 1. The number of aryl methyl sites for hydroxylation is 1. The number of benzene rings is 1. The first-order valence-electron chi connectivity index (χ1n) is 6.66. The lowest BCUT2D eigenvalue weighted by Gasteiger charge is -2.36. The molecule has 0 bridgehead atoms. The Hall–Kier alpha value is -1.55. The number of hydrogen-bond donors (Lipinski definition) is 1. The van der Waals surface area contributed by atoms with Gasteiger partial charge < -0.3 is 10.5 Å². The number of hydrogen-bond acceptors (Lipinski definition) is 3. The topological polar surface area (TPSA) is 55.6 Å². The van der Waals surface area contributed by atoms with Crippen LogP contribution >= 0.6 is 0 Å². The molecule has 1 atom stereocenters. The minimum atomic E-state index is -0.516. The minimum absolute atomic E-state index is 0.316. The van der Waals surface area contributed by atoms with Crippen LogP contribution in [0.3, 0.4) is 0 Å². The second-order valence-electron chi connectivity index (χ2n) is 6.03. The molecule has 1 aromatic carbocycles. The first-order chi connectivity index (χ1) is 8.79. The van der Waals surface area contributed by atoms with Gasteiger partial charge in [0.15, 0.2) is 0 Å². The predicted molar refractivity (Wildman–Crippen MR) is 76.2 cm³/mol. The largest absolute Gasteiger partial charge is 0.443 e. The van der Waals surface area contributed by atoms with E-state index in [1.165, 1.54) is 11.1 Å². The second kappa shape index (κ2) is 4.85. The van der Waals surface area contributed by atoms with E-state index in [9.17, 15) is 4.79 Å². The molecule has 1 aliphatic heterocycles. The zero-order chi connectivity index (χ0) is 14.2. The fourth-order valence-corrected chi connectivity index (χ4v) is 2.38. The number of carbonyl (C=O) groups excluding carboxylic acids is 1. The minimum Gasteiger partial charge on any atom is -0.443 e. The van der Waals surface area contributed by atoms with Gasteiger partial charge in [0.1, 0.15) is 5.60 Å². The Labute approximate surface area is 114 Å². The summed E-state index contributed by atoms with van der Waals surface area (Å²) in [5.74, 6) is 0. The van der Waals surface area contributed by atoms with Gasteiger partial charge in [0, 0.05) is 0 Å². The monoisotopic (exact) mass is 262 g/mol. The van der Waals surface area contributed by atoms with Gasteiger partial charge >= 0.3 is 6.09 Å². The molecule has 104 valence electrons. The van der Waals surface area contributed by atoms with E-state index in [1.54, 1.807) is 4.90 Å². The highest BCUT2D eigenvalue weighted by atomic mass is 16.6. The van der Waals surface area contributed by atoms with Crippen LogP contribution < -0.4 is 10.6 Å². The van der Waals surface area contributed by atoms with Crippen molar-refractivity contribution >= 4 is 11.8 Å². The third-order valence-electron chi connectivity index (χ3n) is 3.26. The highest BCUT2D eigenvalue weighted by Crippen LogP contribution is 2.32. The van der Waals surface area contributed by atoms with Crippen LogP contribution in [0.15, 0.2) is 18.2 Å². The van der Waals surface area contributed by atoms with E-state index in [0.29, 0.717) is 0 Å². The SMILES string of the molecule is Cc1cccc2c1CC[C@@H](N)N2C(=O)OC(C)(C)C. The molecule has 2 rings (SSSR count). The number of ether oxygens (including phenoxy) is 1. The van der Waals surface area contributed by atoms with Gasteiger partial charge in [0.05, 0.1) is 11.9 Å². The smallest absolute Gasteiger partial charge is 0.416 e. The Morgan fingerprint density at radius 3 is 2.74 bits per heavy atom. The number of carbonyl (C=O) groups is 1. The van der Waals surface area contributed by atoms with E-state index in [1.807, 2.05) is 32.9 Å². The summed E-state index contributed by atoms with van der Waals surface area (Å²) in [6.45, 7) is 7.63. The van der Waals surface area contributed by atoms with Crippen molar-refractivity contribution < 1.29 is 9.53 Å². The molecule has 1 amide bonds. The molecule has 1 aromatic rings. The first-order valence-corrected chi connectivity index (χ1v) is 6.66. The van der Waals surface area contributed by atoms with Gasteiger partial charge in [0.25, 0.3) is 0 Å². The molecule has 1 aliphatic rings. The zero-order valence-electron chi connectivity index (χ0n) is 12.1. The van der Waals surface area contributed by atoms with E-state index in [4.69, 9.17) is 10.5 Å². The quantitative estimate of drug-likeness (QED) is 0.782. The van der Waals surface area contributed by atoms with E-state index in [2.05, 4.69) is 13.0 Å². The average Bonchev–Trinajstić information content (AvgIpc) is 2.26. The van der Waals surface area contributed by atoms with Gasteiger partial charge in [-0.25, -0.2) is 4.79 Å². The molecule has 0 radical (unpaired) electrons. The second-order valence-corrected chi connectivity index (χ2v) is 6.03. The Bertz CT molecular complexity index is 491. The third-order valence-corrected chi connectivity index (χ3v) is 3.26. The van der Waals surface area contributed by atoms with Gasteiger partial charge in [-0.1, -0.05) is 12.1 Å². The van der Waals surface area contributed by atoms with Crippen molar-refractivity contribution in [2.75, 3.05) is 4.90 Å². The van der Waals surface area contributed by atoms with Crippen molar-refractivity contribution in [1.82, 2.24) is 0 Å². The number of anilines is 1. The van der Waals surface area contributed by atoms with Crippen LogP contribution in [0.4, 0.5) is 10.5 Å². The molecule has 0 aliphatic carbocycles. The number of nitrogens with two attached hydrogens (primary N) is 1. The Morgan fingerprint density at radius 1 is 1.42 bits per heavy atom. The van der Waals surface area contributed by atoms with Crippen LogP contribution in [0, 0.1) is 6.92 Å². The number of nitrogens with zero attached hydrogens (tertiary/aromatic N) is 1. The van der Waals surface area contributed by atoms with Crippen molar-refractivity contribution in [2.24, 2.45) is 5.73 Å². The Kier molecular flexibility index (Phi) is 3.54. The van der Waals surface area contributed by atoms with E-state index in [0.717, 1.165) is 18.5 Å². The van der Waals surface area contributed by atoms with E-state index >= 15 is 0 Å². The maximum Gasteiger partial charge on any atom is 0.416 e. The van der Waals surface area contributed by atoms with Gasteiger partial charge in [-0.2, -0.15) is 0 Å². The fourth-order valence-electron chi connectivity index (χ4n) is 2.38. The van der Waals surface area contributed by atoms with Gasteiger partial charge in [-0.3, -0.25) is 4.90 Å². The molecule has 0 saturated heterocycles. The highest BCUT2D eigenvalue weighted by molar-refractivity contribution is 5.90. The molecular formula is C15H22N2O2. The average molecular weight is 262 g/mol. The maximum absolute atomic E-state index is 12.3. The third kappa shape index (κ3) is 2.89. The van der Waals surface area contributed by atoms with Crippen LogP contribution in [0.5, 0.6) is 0 Å². The van der Waals surface area contributed by atoms with Crippen LogP contribution in [0.2, 0.25) is 0 Å². The molecule has 19 heavy (non-hydrogen) atoms. The lowest BCUT2D eigenvalue weighted by molar-refractivity contribution is 0.0561. The van der Waals surface area contributed by atoms with Crippen molar-refractivity contribution in [1.29, 1.82) is 0 Å². The lowest BCUT2D eigenvalue weighted by Crippen LogP contribution is -2.50. The van der Waals surface area contributed by atoms with Crippen molar-refractivity contribution in [2.45, 2.75) is 52.3 Å². The molecule has 0 spiro atoms. The molecule has 0 fully saturated rings. The lowest BCUT2D eigenvalue weighted by atomic mass is 9.96. The zero-order valence-corrected chi connectivity index (χ0v) is 12.1. The summed E-state index contributed by atoms with van der Waals surface area (Å²) in [4.78, 5) is 13.9. The summed E-state index contributed by atoms with van der Waals surface area (Å²) < 4.78 is 5.45. The molecular weight excluding hydrogens is 240 g/mol. The first kappa shape index (κ1) is 13.9. The van der Waals surface area contributed by atoms with Gasteiger partial charge in [-0.05, 0) is 57.7 Å². The number of amides is 1. The molecule has 1 heterocycles. The van der Waals surface area contributed by atoms with Crippen molar-refractivity contribution in [3.8, 4) is 0 Å². The predicted octanol–water partition coefficient (Wildman–Crippen LogP) is 2.97. The molecule has 2 N–H and O–H groups in total. The van der Waals surface area contributed by atoms with Crippen molar-refractivity contribution in [3.63, 3.8) is 0 Å². The Balaban J connectivity index is 2.36.